The molecule has 0 spiro atoms. The molecule has 1 aliphatic carbocycles. The second kappa shape index (κ2) is 13.2. The van der Waals surface area contributed by atoms with Crippen molar-refractivity contribution in [1.29, 1.82) is 0 Å². The van der Waals surface area contributed by atoms with Crippen molar-refractivity contribution in [1.82, 2.24) is 14.8 Å². The van der Waals surface area contributed by atoms with Crippen LogP contribution in [0, 0.1) is 23.6 Å². The number of aliphatic carboxylic acids is 1. The molecule has 1 aromatic carbocycles. The number of carbonyl (C=O) groups is 1. The lowest BCUT2D eigenvalue weighted by Crippen LogP contribution is -2.43. The summed E-state index contributed by atoms with van der Waals surface area (Å²) in [5.41, 5.74) is 0.939. The van der Waals surface area contributed by atoms with Crippen molar-refractivity contribution in [3.63, 3.8) is 0 Å². The summed E-state index contributed by atoms with van der Waals surface area (Å²) in [6, 6.07) is 8.90. The van der Waals surface area contributed by atoms with Crippen molar-refractivity contribution >= 4 is 5.97 Å². The Morgan fingerprint density at radius 3 is 2.44 bits per heavy atom. The highest BCUT2D eigenvalue weighted by atomic mass is 19.4. The first-order chi connectivity index (χ1) is 19.7. The van der Waals surface area contributed by atoms with E-state index in [0.717, 1.165) is 76.0 Å². The average molecular weight is 576 g/mol. The lowest BCUT2D eigenvalue weighted by atomic mass is 9.80. The van der Waals surface area contributed by atoms with Gasteiger partial charge in [-0.15, -0.1) is 0 Å². The highest BCUT2D eigenvalue weighted by Crippen LogP contribution is 2.39. The molecule has 0 bridgehead atoms. The van der Waals surface area contributed by atoms with E-state index in [1.54, 1.807) is 12.1 Å². The SMILES string of the molecule is O=C(O)[C@@H](CC1CCC1)N1C[C@H](CN2CCC(CCCc3ccc(C(F)(F)F)cn3)CC2)[C@@H](c2cccc(F)c2)C1. The van der Waals surface area contributed by atoms with E-state index in [-0.39, 0.29) is 17.7 Å². The number of carboxylic acid groups (broad SMARTS) is 1. The van der Waals surface area contributed by atoms with Gasteiger partial charge in [0.2, 0.25) is 0 Å². The Kier molecular flexibility index (Phi) is 9.64. The monoisotopic (exact) mass is 575 g/mol. The number of pyridine rings is 1. The van der Waals surface area contributed by atoms with Crippen LogP contribution in [-0.2, 0) is 17.4 Å². The van der Waals surface area contributed by atoms with Gasteiger partial charge in [0, 0.05) is 37.4 Å². The van der Waals surface area contributed by atoms with Crippen molar-refractivity contribution in [3.05, 3.63) is 65.2 Å². The number of piperidine rings is 1. The molecular formula is C32H41F4N3O2. The molecule has 2 aromatic rings. The molecule has 3 heterocycles. The molecule has 3 aliphatic rings. The fourth-order valence-electron chi connectivity index (χ4n) is 7.01. The van der Waals surface area contributed by atoms with Crippen molar-refractivity contribution < 1.29 is 27.5 Å². The zero-order chi connectivity index (χ0) is 29.0. The number of carboxylic acids is 1. The van der Waals surface area contributed by atoms with Crippen molar-refractivity contribution in [2.24, 2.45) is 17.8 Å². The van der Waals surface area contributed by atoms with Crippen LogP contribution in [-0.4, -0.2) is 64.6 Å². The zero-order valence-electron chi connectivity index (χ0n) is 23.5. The lowest BCUT2D eigenvalue weighted by Gasteiger charge is -2.35. The first-order valence-electron chi connectivity index (χ1n) is 15.1. The van der Waals surface area contributed by atoms with Crippen molar-refractivity contribution in [2.75, 3.05) is 32.7 Å². The summed E-state index contributed by atoms with van der Waals surface area (Å²) >= 11 is 0. The third-order valence-electron chi connectivity index (χ3n) is 9.65. The quantitative estimate of drug-likeness (QED) is 0.305. The first-order valence-corrected chi connectivity index (χ1v) is 15.1. The molecule has 3 fully saturated rings. The number of hydrogen-bond acceptors (Lipinski definition) is 4. The van der Waals surface area contributed by atoms with E-state index in [1.165, 1.54) is 18.6 Å². The van der Waals surface area contributed by atoms with Gasteiger partial charge >= 0.3 is 12.1 Å². The minimum atomic E-state index is -4.36. The predicted octanol–water partition coefficient (Wildman–Crippen LogP) is 6.63. The molecule has 0 amide bonds. The molecule has 9 heteroatoms. The van der Waals surface area contributed by atoms with Gasteiger partial charge in [-0.25, -0.2) is 4.39 Å². The maximum absolute atomic E-state index is 14.2. The van der Waals surface area contributed by atoms with Gasteiger partial charge in [-0.3, -0.25) is 14.7 Å². The maximum Gasteiger partial charge on any atom is 0.417 e. The van der Waals surface area contributed by atoms with Gasteiger partial charge < -0.3 is 10.0 Å². The number of alkyl halides is 3. The smallest absolute Gasteiger partial charge is 0.417 e. The molecule has 5 rings (SSSR count). The largest absolute Gasteiger partial charge is 0.480 e. The standard InChI is InChI=1S/C32H41F4N3O2/c33-27-8-3-7-24(17-27)29-21-39(30(31(40)41)16-23-5-1-6-23)20-25(29)19-38-14-12-22(13-15-38)4-2-9-28-11-10-26(18-37-28)32(34,35)36/h3,7-8,10-11,17-18,22-23,25,29-30H,1-2,4-6,9,12-16,19-21H2,(H,40,41)/t25-,29+,30+/m0/s1. The van der Waals surface area contributed by atoms with E-state index in [1.807, 2.05) is 6.07 Å². The number of aromatic nitrogens is 1. The second-order valence-electron chi connectivity index (χ2n) is 12.4. The van der Waals surface area contributed by atoms with E-state index in [0.29, 0.717) is 43.5 Å². The molecule has 1 saturated carbocycles. The number of aryl methyl sites for hydroxylation is 1. The Labute approximate surface area is 239 Å². The van der Waals surface area contributed by atoms with E-state index in [4.69, 9.17) is 0 Å². The minimum Gasteiger partial charge on any atom is -0.480 e. The van der Waals surface area contributed by atoms with Gasteiger partial charge in [0.15, 0.2) is 0 Å². The van der Waals surface area contributed by atoms with Crippen LogP contribution in [0.5, 0.6) is 0 Å². The fraction of sp³-hybridized carbons (Fsp3) is 0.625. The van der Waals surface area contributed by atoms with Crippen LogP contribution in [0.2, 0.25) is 0 Å². The first kappa shape index (κ1) is 30.0. The van der Waals surface area contributed by atoms with Crippen molar-refractivity contribution in [2.45, 2.75) is 75.9 Å². The topological polar surface area (TPSA) is 56.7 Å². The predicted molar refractivity (Wildman–Crippen MR) is 149 cm³/mol. The third-order valence-corrected chi connectivity index (χ3v) is 9.65. The van der Waals surface area contributed by atoms with E-state index in [2.05, 4.69) is 14.8 Å². The minimum absolute atomic E-state index is 0.0999. The normalized spacial score (nSPS) is 23.9. The van der Waals surface area contributed by atoms with Crippen LogP contribution in [0.3, 0.4) is 0 Å². The molecule has 0 unspecified atom stereocenters. The van der Waals surface area contributed by atoms with Crippen LogP contribution >= 0.6 is 0 Å². The fourth-order valence-corrected chi connectivity index (χ4v) is 7.01. The van der Waals surface area contributed by atoms with E-state index in [9.17, 15) is 27.5 Å². The van der Waals surface area contributed by atoms with E-state index < -0.39 is 23.8 Å². The molecule has 5 nitrogen and oxygen atoms in total. The molecule has 1 aromatic heterocycles. The summed E-state index contributed by atoms with van der Waals surface area (Å²) in [6.45, 7) is 4.17. The highest BCUT2D eigenvalue weighted by molar-refractivity contribution is 5.73. The molecule has 0 radical (unpaired) electrons. The zero-order valence-corrected chi connectivity index (χ0v) is 23.5. The number of likely N-dealkylation sites (tertiary alicyclic amines) is 2. The third kappa shape index (κ3) is 7.86. The van der Waals surface area contributed by atoms with Crippen molar-refractivity contribution in [3.8, 4) is 0 Å². The lowest BCUT2D eigenvalue weighted by molar-refractivity contribution is -0.144. The average Bonchev–Trinajstić information content (AvgIpc) is 3.32. The molecule has 2 aliphatic heterocycles. The molecule has 224 valence electrons. The number of benzene rings is 1. The number of nitrogens with zero attached hydrogens (tertiary/aromatic N) is 3. The van der Waals surface area contributed by atoms with Gasteiger partial charge in [0.05, 0.1) is 5.56 Å². The number of hydrogen-bond donors (Lipinski definition) is 1. The van der Waals surface area contributed by atoms with Gasteiger partial charge in [-0.05, 0) is 99.2 Å². The van der Waals surface area contributed by atoms with Crippen LogP contribution < -0.4 is 0 Å². The van der Waals surface area contributed by atoms with Crippen LogP contribution in [0.1, 0.15) is 74.1 Å². The molecule has 1 N–H and O–H groups in total. The van der Waals surface area contributed by atoms with Crippen LogP contribution in [0.15, 0.2) is 42.6 Å². The Hall–Kier alpha value is -2.52. The Morgan fingerprint density at radius 1 is 1.05 bits per heavy atom. The molecule has 3 atom stereocenters. The molecular weight excluding hydrogens is 534 g/mol. The molecule has 2 saturated heterocycles. The Morgan fingerprint density at radius 2 is 1.83 bits per heavy atom. The van der Waals surface area contributed by atoms with Gasteiger partial charge in [0.1, 0.15) is 11.9 Å². The van der Waals surface area contributed by atoms with Gasteiger partial charge in [-0.2, -0.15) is 13.2 Å². The van der Waals surface area contributed by atoms with E-state index >= 15 is 0 Å². The summed E-state index contributed by atoms with van der Waals surface area (Å²) in [5.74, 6) is 0.417. The van der Waals surface area contributed by atoms with Gasteiger partial charge in [-0.1, -0.05) is 31.4 Å². The van der Waals surface area contributed by atoms with Gasteiger partial charge in [0.25, 0.3) is 0 Å². The summed E-state index contributed by atoms with van der Waals surface area (Å²) in [7, 11) is 0. The Balaban J connectivity index is 1.13. The summed E-state index contributed by atoms with van der Waals surface area (Å²) in [5, 5.41) is 10.1. The summed E-state index contributed by atoms with van der Waals surface area (Å²) in [4.78, 5) is 20.9. The van der Waals surface area contributed by atoms with Crippen LogP contribution in [0.4, 0.5) is 17.6 Å². The summed E-state index contributed by atoms with van der Waals surface area (Å²) < 4.78 is 52.4. The molecule has 41 heavy (non-hydrogen) atoms. The number of rotatable bonds is 11. The maximum atomic E-state index is 14.2. The Bertz CT molecular complexity index is 1150. The highest BCUT2D eigenvalue weighted by Gasteiger charge is 2.41. The van der Waals surface area contributed by atoms with Crippen LogP contribution in [0.25, 0.3) is 0 Å². The summed E-state index contributed by atoms with van der Waals surface area (Å²) in [6.07, 6.45) is 5.43. The second-order valence-corrected chi connectivity index (χ2v) is 12.4. The number of halogens is 4.